The molecule has 1 aromatic rings. The fourth-order valence-corrected chi connectivity index (χ4v) is 3.40. The number of fused-ring (bicyclic) bond motifs is 1. The van der Waals surface area contributed by atoms with Crippen molar-refractivity contribution in [1.82, 2.24) is 4.90 Å². The summed E-state index contributed by atoms with van der Waals surface area (Å²) in [6, 6.07) is 1.59. The number of likely N-dealkylation sites (tertiary alicyclic amines) is 1. The molecule has 1 N–H and O–H groups in total. The Kier molecular flexibility index (Phi) is 3.33. The van der Waals surface area contributed by atoms with Gasteiger partial charge in [-0.25, -0.2) is 0 Å². The molecule has 2 atom stereocenters. The van der Waals surface area contributed by atoms with Crippen LogP contribution in [-0.4, -0.2) is 48.2 Å². The predicted molar refractivity (Wildman–Crippen MR) is 71.3 cm³/mol. The zero-order valence-corrected chi connectivity index (χ0v) is 12.3. The van der Waals surface area contributed by atoms with Crippen LogP contribution in [0.2, 0.25) is 0 Å². The number of rotatable bonds is 2. The molecule has 108 valence electrons. The van der Waals surface area contributed by atoms with Crippen molar-refractivity contribution in [3.05, 3.63) is 22.6 Å². The lowest BCUT2D eigenvalue weighted by molar-refractivity contribution is -0.157. The van der Waals surface area contributed by atoms with Gasteiger partial charge in [0.15, 0.2) is 4.67 Å². The normalized spacial score (nSPS) is 29.2. The second kappa shape index (κ2) is 4.89. The first-order valence-corrected chi connectivity index (χ1v) is 7.17. The van der Waals surface area contributed by atoms with Crippen LogP contribution in [-0.2, 0) is 9.53 Å². The average molecular weight is 344 g/mol. The quantitative estimate of drug-likeness (QED) is 0.882. The highest BCUT2D eigenvalue weighted by molar-refractivity contribution is 9.10. The van der Waals surface area contributed by atoms with E-state index < -0.39 is 11.4 Å². The minimum atomic E-state index is -0.866. The summed E-state index contributed by atoms with van der Waals surface area (Å²) < 4.78 is 10.9. The SMILES string of the molecule is O=C(c1coc(Br)c1)N1C[C@H]2COCC[C@@]2(C(=O)O)C1. The lowest BCUT2D eigenvalue weighted by Gasteiger charge is -2.33. The standard InChI is InChI=1S/C13H14BrNO5/c14-10-3-8(5-20-10)11(16)15-4-9-6-19-2-1-13(9,7-15)12(17)18/h3,5,9H,1-2,4,6-7H2,(H,17,18)/t9-,13+/m0/s1. The molecule has 2 aliphatic heterocycles. The van der Waals surface area contributed by atoms with Gasteiger partial charge >= 0.3 is 5.97 Å². The number of carboxylic acids is 1. The molecule has 0 aromatic carbocycles. The average Bonchev–Trinajstić information content (AvgIpc) is 3.02. The van der Waals surface area contributed by atoms with E-state index in [1.54, 1.807) is 11.0 Å². The molecule has 0 bridgehead atoms. The Morgan fingerprint density at radius 2 is 2.30 bits per heavy atom. The largest absolute Gasteiger partial charge is 0.481 e. The Labute approximate surface area is 123 Å². The van der Waals surface area contributed by atoms with Crippen LogP contribution < -0.4 is 0 Å². The van der Waals surface area contributed by atoms with Crippen molar-refractivity contribution in [2.24, 2.45) is 11.3 Å². The maximum Gasteiger partial charge on any atom is 0.311 e. The molecule has 3 heterocycles. The molecule has 20 heavy (non-hydrogen) atoms. The first-order valence-electron chi connectivity index (χ1n) is 6.37. The van der Waals surface area contributed by atoms with Gasteiger partial charge in [0, 0.05) is 31.7 Å². The third-order valence-electron chi connectivity index (χ3n) is 4.23. The summed E-state index contributed by atoms with van der Waals surface area (Å²) >= 11 is 3.15. The highest BCUT2D eigenvalue weighted by atomic mass is 79.9. The van der Waals surface area contributed by atoms with Gasteiger partial charge in [0.2, 0.25) is 0 Å². The molecule has 7 heteroatoms. The molecule has 6 nitrogen and oxygen atoms in total. The molecule has 0 unspecified atom stereocenters. The van der Waals surface area contributed by atoms with Gasteiger partial charge in [0.05, 0.1) is 17.6 Å². The van der Waals surface area contributed by atoms with Crippen molar-refractivity contribution in [2.45, 2.75) is 6.42 Å². The van der Waals surface area contributed by atoms with E-state index in [2.05, 4.69) is 15.9 Å². The van der Waals surface area contributed by atoms with Crippen LogP contribution in [0.5, 0.6) is 0 Å². The van der Waals surface area contributed by atoms with Crippen LogP contribution >= 0.6 is 15.9 Å². The van der Waals surface area contributed by atoms with Crippen molar-refractivity contribution >= 4 is 27.8 Å². The van der Waals surface area contributed by atoms with Crippen molar-refractivity contribution in [3.63, 3.8) is 0 Å². The summed E-state index contributed by atoms with van der Waals surface area (Å²) in [5.74, 6) is -1.18. The van der Waals surface area contributed by atoms with E-state index >= 15 is 0 Å². The minimum absolute atomic E-state index is 0.145. The summed E-state index contributed by atoms with van der Waals surface area (Å²) in [5, 5.41) is 9.55. The van der Waals surface area contributed by atoms with Gasteiger partial charge in [-0.05, 0) is 22.4 Å². The number of ether oxygens (including phenoxy) is 1. The summed E-state index contributed by atoms with van der Waals surface area (Å²) in [6.45, 7) is 1.47. The lowest BCUT2D eigenvalue weighted by atomic mass is 9.74. The van der Waals surface area contributed by atoms with Gasteiger partial charge in [-0.15, -0.1) is 0 Å². The van der Waals surface area contributed by atoms with E-state index in [4.69, 9.17) is 9.15 Å². The molecule has 2 fully saturated rings. The number of amides is 1. The Bertz CT molecular complexity index is 557. The van der Waals surface area contributed by atoms with Gasteiger partial charge in [-0.1, -0.05) is 0 Å². The van der Waals surface area contributed by atoms with Crippen molar-refractivity contribution in [2.75, 3.05) is 26.3 Å². The van der Waals surface area contributed by atoms with Gasteiger partial charge in [-0.2, -0.15) is 0 Å². The number of halogens is 1. The van der Waals surface area contributed by atoms with Crippen molar-refractivity contribution in [3.8, 4) is 0 Å². The van der Waals surface area contributed by atoms with Crippen molar-refractivity contribution in [1.29, 1.82) is 0 Å². The molecule has 3 rings (SSSR count). The molecule has 1 aromatic heterocycles. The Morgan fingerprint density at radius 1 is 1.50 bits per heavy atom. The zero-order valence-electron chi connectivity index (χ0n) is 10.7. The molecule has 0 spiro atoms. The first kappa shape index (κ1) is 13.6. The Balaban J connectivity index is 1.84. The number of hydrogen-bond acceptors (Lipinski definition) is 4. The van der Waals surface area contributed by atoms with E-state index in [9.17, 15) is 14.7 Å². The number of hydrogen-bond donors (Lipinski definition) is 1. The number of carbonyl (C=O) groups is 2. The van der Waals surface area contributed by atoms with Crippen LogP contribution in [0.3, 0.4) is 0 Å². The van der Waals surface area contributed by atoms with E-state index in [1.807, 2.05) is 0 Å². The highest BCUT2D eigenvalue weighted by Gasteiger charge is 2.55. The monoisotopic (exact) mass is 343 g/mol. The van der Waals surface area contributed by atoms with Crippen LogP contribution in [0.25, 0.3) is 0 Å². The molecule has 2 saturated heterocycles. The molecule has 0 saturated carbocycles. The highest BCUT2D eigenvalue weighted by Crippen LogP contribution is 2.42. The van der Waals surface area contributed by atoms with Crippen molar-refractivity contribution < 1.29 is 23.8 Å². The van der Waals surface area contributed by atoms with E-state index in [0.717, 1.165) is 0 Å². The first-order chi connectivity index (χ1) is 9.53. The van der Waals surface area contributed by atoms with Gasteiger partial charge in [-0.3, -0.25) is 9.59 Å². The summed E-state index contributed by atoms with van der Waals surface area (Å²) in [4.78, 5) is 25.6. The fraction of sp³-hybridized carbons (Fsp3) is 0.538. The number of nitrogens with zero attached hydrogens (tertiary/aromatic N) is 1. The van der Waals surface area contributed by atoms with Crippen LogP contribution in [0.4, 0.5) is 0 Å². The second-order valence-electron chi connectivity index (χ2n) is 5.31. The van der Waals surface area contributed by atoms with Gasteiger partial charge in [0.25, 0.3) is 5.91 Å². The van der Waals surface area contributed by atoms with Crippen LogP contribution in [0.1, 0.15) is 16.8 Å². The van der Waals surface area contributed by atoms with Gasteiger partial charge < -0.3 is 19.2 Å². The van der Waals surface area contributed by atoms with Gasteiger partial charge in [0.1, 0.15) is 6.26 Å². The predicted octanol–water partition coefficient (Wildman–Crippen LogP) is 1.61. The number of carbonyl (C=O) groups excluding carboxylic acids is 1. The summed E-state index contributed by atoms with van der Waals surface area (Å²) in [5.41, 5.74) is -0.438. The van der Waals surface area contributed by atoms with Crippen LogP contribution in [0.15, 0.2) is 21.4 Å². The Hall–Kier alpha value is -1.34. The van der Waals surface area contributed by atoms with E-state index in [0.29, 0.717) is 36.4 Å². The molecule has 0 aliphatic carbocycles. The van der Waals surface area contributed by atoms with Crippen LogP contribution in [0, 0.1) is 11.3 Å². The Morgan fingerprint density at radius 3 is 2.90 bits per heavy atom. The number of furan rings is 1. The zero-order chi connectivity index (χ0) is 14.3. The molecular weight excluding hydrogens is 330 g/mol. The maximum atomic E-state index is 12.4. The minimum Gasteiger partial charge on any atom is -0.481 e. The lowest BCUT2D eigenvalue weighted by Crippen LogP contribution is -2.45. The maximum absolute atomic E-state index is 12.4. The van der Waals surface area contributed by atoms with E-state index in [1.165, 1.54) is 6.26 Å². The topological polar surface area (TPSA) is 80.0 Å². The summed E-state index contributed by atoms with van der Waals surface area (Å²) in [6.07, 6.45) is 1.82. The smallest absolute Gasteiger partial charge is 0.311 e. The third-order valence-corrected chi connectivity index (χ3v) is 4.65. The fourth-order valence-electron chi connectivity index (χ4n) is 3.06. The summed E-state index contributed by atoms with van der Waals surface area (Å²) in [7, 11) is 0. The third kappa shape index (κ3) is 2.05. The number of carboxylic acid groups (broad SMARTS) is 1. The number of aliphatic carboxylic acids is 1. The molecule has 0 radical (unpaired) electrons. The molecule has 1 amide bonds. The molecule has 2 aliphatic rings. The van der Waals surface area contributed by atoms with E-state index in [-0.39, 0.29) is 18.4 Å². The molecular formula is C13H14BrNO5. The second-order valence-corrected chi connectivity index (χ2v) is 6.09.